The number of nitrogens with two attached hydrogens (primary N) is 1. The number of allylic oxidation sites excluding steroid dienone is 6. The summed E-state index contributed by atoms with van der Waals surface area (Å²) in [5.74, 6) is 1.47. The first-order chi connectivity index (χ1) is 43.5. The van der Waals surface area contributed by atoms with Crippen LogP contribution in [0.3, 0.4) is 0 Å². The average Bonchev–Trinajstić information content (AvgIpc) is 1.63. The van der Waals surface area contributed by atoms with Crippen molar-refractivity contribution in [1.82, 2.24) is 16.0 Å². The molecular weight excluding hydrogens is 1390 g/mol. The van der Waals surface area contributed by atoms with E-state index in [2.05, 4.69) is 71.0 Å². The number of ether oxygens (including phenoxy) is 6. The van der Waals surface area contributed by atoms with Gasteiger partial charge in [-0.25, -0.2) is 0 Å². The number of amides is 3. The normalized spacial score (nSPS) is 36.2. The molecule has 0 bridgehead atoms. The molecule has 0 aromatic heterocycles. The Labute approximate surface area is 570 Å². The fourth-order valence-corrected chi connectivity index (χ4v) is 13.1. The summed E-state index contributed by atoms with van der Waals surface area (Å²) >= 11 is 3.83. The molecule has 8 aliphatic rings. The van der Waals surface area contributed by atoms with Crippen LogP contribution in [0.15, 0.2) is 71.9 Å². The second-order valence-corrected chi connectivity index (χ2v) is 28.9. The Hall–Kier alpha value is -3.68. The number of carbonyl (C=O) groups is 6. The molecule has 6 saturated heterocycles. The number of carboxylic acids is 1. The third-order valence-electron chi connectivity index (χ3n) is 18.4. The van der Waals surface area contributed by atoms with Crippen molar-refractivity contribution in [1.29, 1.82) is 0 Å². The van der Waals surface area contributed by atoms with Crippen LogP contribution < -0.4 is 21.7 Å². The van der Waals surface area contributed by atoms with Gasteiger partial charge in [-0.2, -0.15) is 0 Å². The SMILES string of the molecule is CC(/C=C/[C@H]1O[C@H](CC(=O)CC2CC(N)C2)C[C@@]2(CO2)[C@@H]1O)=C\C[C@@H]1O[C@H](C)[C@H](NC(=O)/C=C\C(C)C)C[C@@H]1C.CC(/C=C/[C@H]1O[C@H](CC(=O)CC2CC(NC(=O)CI)C2)C[C@@]2(CO2)[C@@H]1O)=C\C[C@@H]1O[C@H](C)[C@H](NC(=O)/C=C\C(C)C)C[C@@H]1C.O=C(O)CI.[2H]C#C. The minimum atomic E-state index is -0.781. The van der Waals surface area contributed by atoms with Crippen molar-refractivity contribution >= 4 is 80.4 Å². The first-order valence-electron chi connectivity index (χ1n) is 33.2. The van der Waals surface area contributed by atoms with Crippen LogP contribution in [0, 0.1) is 48.3 Å². The van der Waals surface area contributed by atoms with Crippen molar-refractivity contribution in [3.05, 3.63) is 71.9 Å². The number of Topliss-reactive ketones (excluding diaryl/α,β-unsaturated/α-hetero) is 2. The number of epoxide rings is 2. The maximum atomic E-state index is 12.9. The van der Waals surface area contributed by atoms with Crippen molar-refractivity contribution in [3.63, 3.8) is 0 Å². The summed E-state index contributed by atoms with van der Waals surface area (Å²) in [7, 11) is 0. The topological polar surface area (TPSA) is 287 Å². The number of rotatable bonds is 25. The Morgan fingerprint density at radius 3 is 1.35 bits per heavy atom. The summed E-state index contributed by atoms with van der Waals surface area (Å²) in [4.78, 5) is 70.9. The first-order valence-corrected chi connectivity index (χ1v) is 35.8. The molecule has 0 radical (unpaired) electrons. The lowest BCUT2D eigenvalue weighted by Gasteiger charge is -2.39. The highest BCUT2D eigenvalue weighted by Gasteiger charge is 2.59. The highest BCUT2D eigenvalue weighted by Crippen LogP contribution is 2.45. The molecule has 2 saturated carbocycles. The highest BCUT2D eigenvalue weighted by atomic mass is 127. The minimum absolute atomic E-state index is 0.00596. The van der Waals surface area contributed by atoms with Crippen LogP contribution in [-0.4, -0.2) is 169 Å². The highest BCUT2D eigenvalue weighted by molar-refractivity contribution is 14.1. The number of alkyl halides is 2. The van der Waals surface area contributed by atoms with E-state index in [1.54, 1.807) is 34.7 Å². The van der Waals surface area contributed by atoms with Gasteiger partial charge in [0, 0.05) is 50.6 Å². The summed E-state index contributed by atoms with van der Waals surface area (Å²) < 4.78 is 42.8. The molecule has 21 heteroatoms. The second-order valence-electron chi connectivity index (χ2n) is 27.4. The van der Waals surface area contributed by atoms with Gasteiger partial charge in [-0.05, 0) is 127 Å². The van der Waals surface area contributed by atoms with Crippen LogP contribution in [-0.2, 0) is 57.2 Å². The second kappa shape index (κ2) is 37.6. The molecular formula is C70H106I2N4O15. The van der Waals surface area contributed by atoms with Crippen molar-refractivity contribution < 1.29 is 73.9 Å². The van der Waals surface area contributed by atoms with E-state index in [-0.39, 0.29) is 100 Å². The Bertz CT molecular complexity index is 2660. The summed E-state index contributed by atoms with van der Waals surface area (Å²) in [5, 5.41) is 38.8. The van der Waals surface area contributed by atoms with E-state index in [9.17, 15) is 39.0 Å². The molecule has 8 rings (SSSR count). The van der Waals surface area contributed by atoms with Gasteiger partial charge in [-0.15, -0.1) is 12.8 Å². The number of aliphatic hydroxyl groups excluding tert-OH is 2. The fourth-order valence-electron chi connectivity index (χ4n) is 12.8. The monoisotopic (exact) mass is 1500 g/mol. The number of nitrogens with one attached hydrogen (secondary N) is 3. The predicted molar refractivity (Wildman–Crippen MR) is 368 cm³/mol. The number of aliphatic carboxylic acids is 1. The molecule has 3 amide bonds. The zero-order chi connectivity index (χ0) is 68.0. The van der Waals surface area contributed by atoms with E-state index >= 15 is 0 Å². The van der Waals surface area contributed by atoms with Crippen LogP contribution in [0.25, 0.3) is 0 Å². The van der Waals surface area contributed by atoms with Crippen LogP contribution in [0.2, 0.25) is 0 Å². The third kappa shape index (κ3) is 25.8. The van der Waals surface area contributed by atoms with E-state index in [1.165, 1.54) is 6.40 Å². The summed E-state index contributed by atoms with van der Waals surface area (Å²) in [6.07, 6.45) is 31.2. The molecule has 19 nitrogen and oxygen atoms in total. The minimum Gasteiger partial charge on any atom is -0.481 e. The number of aliphatic hydroxyl groups is 2. The molecule has 2 aliphatic carbocycles. The lowest BCUT2D eigenvalue weighted by molar-refractivity contribution is -0.145. The Morgan fingerprint density at radius 1 is 0.626 bits per heavy atom. The van der Waals surface area contributed by atoms with Gasteiger partial charge in [0.15, 0.2) is 0 Å². The molecule has 8 N–H and O–H groups in total. The van der Waals surface area contributed by atoms with Gasteiger partial charge < -0.3 is 65.4 Å². The fraction of sp³-hybridized carbons (Fsp3) is 0.714. The van der Waals surface area contributed by atoms with Crippen molar-refractivity contribution in [2.24, 2.45) is 41.2 Å². The largest absolute Gasteiger partial charge is 0.481 e. The van der Waals surface area contributed by atoms with Crippen molar-refractivity contribution in [2.45, 2.75) is 256 Å². The zero-order valence-electron chi connectivity index (χ0n) is 56.2. The van der Waals surface area contributed by atoms with Crippen molar-refractivity contribution in [3.8, 4) is 12.8 Å². The van der Waals surface area contributed by atoms with Gasteiger partial charge in [-0.1, -0.05) is 146 Å². The molecule has 6 heterocycles. The molecule has 91 heavy (non-hydrogen) atoms. The standard InChI is InChI=1S/C34H51IN2O7.C32H50N2O6.C2H3IO2.C2H2/c1-20(2)6-11-31(39)37-28-12-22(4)29(43-23(28)5)9-7-21(3)8-10-30-33(41)34(19-42-34)17-27(44-30)16-26(38)15-24-13-25(14-24)36-32(40)18-35;1-19(2)6-11-30(36)34-27-12-21(4)28(39-22(27)5)9-7-20(3)8-10-29-31(37)32(18-38-32)17-26(40-29)16-25(35)15-23-13-24(33)14-23;3-1-2(4)5;1-2/h6-8,10-11,20,22-25,27-30,33,41H,9,12-19H2,1-5H3,(H,36,40)(H,37,39);6-8,10-11,19,21-24,26-29,31,37H,9,12-18,33H2,1-5H3,(H,34,36);1H2,(H,4,5);1-2H/b10-8+,11-6-,21-7+;10-8+,11-6-,20-7+;;/t22-,23+,24?,25?,27+,28+,29-,30+,33+,34+;21-,22+,23?,24?,26+,27+,28-,29+,31+,32+;;/m00../s1/i;;;1D. The van der Waals surface area contributed by atoms with Crippen LogP contribution >= 0.6 is 45.2 Å². The van der Waals surface area contributed by atoms with Gasteiger partial charge in [-0.3, -0.25) is 28.8 Å². The van der Waals surface area contributed by atoms with E-state index in [1.807, 2.05) is 91.8 Å². The number of halogens is 2. The lowest BCUT2D eigenvalue weighted by atomic mass is 9.76. The third-order valence-corrected chi connectivity index (χ3v) is 19.8. The van der Waals surface area contributed by atoms with E-state index in [0.717, 1.165) is 62.5 Å². The van der Waals surface area contributed by atoms with E-state index in [4.69, 9.17) is 40.6 Å². The Kier molecular flexibility index (Phi) is 31.5. The quantitative estimate of drug-likeness (QED) is 0.0112. The molecule has 0 unspecified atom stereocenters. The maximum Gasteiger partial charge on any atom is 0.313 e. The molecule has 0 aromatic carbocycles. The van der Waals surface area contributed by atoms with Gasteiger partial charge in [0.1, 0.15) is 48.6 Å². The number of ketones is 2. The van der Waals surface area contributed by atoms with Crippen LogP contribution in [0.4, 0.5) is 0 Å². The molecule has 0 aromatic rings. The summed E-state index contributed by atoms with van der Waals surface area (Å²) in [6.45, 7) is 21.6. The molecule has 8 fully saturated rings. The van der Waals surface area contributed by atoms with Gasteiger partial charge >= 0.3 is 5.97 Å². The molecule has 510 valence electrons. The number of carboxylic acid groups (broad SMARTS) is 1. The van der Waals surface area contributed by atoms with Crippen molar-refractivity contribution in [2.75, 3.05) is 22.1 Å². The lowest BCUT2D eigenvalue weighted by Crippen LogP contribution is -2.50. The zero-order valence-corrected chi connectivity index (χ0v) is 59.5. The summed E-state index contributed by atoms with van der Waals surface area (Å²) in [5.41, 5.74) is 6.74. The molecule has 2 spiro atoms. The van der Waals surface area contributed by atoms with E-state index in [0.29, 0.717) is 85.8 Å². The first kappa shape index (κ1) is 76.3. The van der Waals surface area contributed by atoms with Gasteiger partial charge in [0.2, 0.25) is 17.7 Å². The molecule has 6 aliphatic heterocycles. The number of terminal acetylenes is 1. The van der Waals surface area contributed by atoms with Gasteiger partial charge in [0.05, 0.1) is 70.8 Å². The number of hydrogen-bond donors (Lipinski definition) is 7. The van der Waals surface area contributed by atoms with E-state index < -0.39 is 41.6 Å². The smallest absolute Gasteiger partial charge is 0.313 e. The summed E-state index contributed by atoms with van der Waals surface area (Å²) in [6, 6.07) is 0.401. The van der Waals surface area contributed by atoms with Crippen LogP contribution in [0.1, 0.15) is 160 Å². The van der Waals surface area contributed by atoms with Gasteiger partial charge in [0.25, 0.3) is 0 Å². The Balaban J connectivity index is 0.000000300. The molecule has 16 atom stereocenters. The number of carbonyl (C=O) groups excluding carboxylic acids is 5. The maximum absolute atomic E-state index is 12.9. The van der Waals surface area contributed by atoms with Crippen LogP contribution in [0.5, 0.6) is 0 Å². The Morgan fingerprint density at radius 2 is 1.01 bits per heavy atom. The number of hydrogen-bond acceptors (Lipinski definition) is 15. The average molecular weight is 1500 g/mol. The predicted octanol–water partition coefficient (Wildman–Crippen LogP) is 8.87.